The van der Waals surface area contributed by atoms with E-state index in [-0.39, 0.29) is 6.61 Å². The van der Waals surface area contributed by atoms with E-state index in [1.165, 1.54) is 0 Å². The van der Waals surface area contributed by atoms with Gasteiger partial charge in [-0.05, 0) is 24.7 Å². The number of nitrogens with zero attached hydrogens (tertiary/aromatic N) is 2. The van der Waals surface area contributed by atoms with E-state index < -0.39 is 0 Å². The van der Waals surface area contributed by atoms with Crippen LogP contribution in [-0.2, 0) is 13.2 Å². The Kier molecular flexibility index (Phi) is 4.99. The lowest BCUT2D eigenvalue weighted by atomic mass is 10.2. The van der Waals surface area contributed by atoms with Gasteiger partial charge in [0.05, 0.1) is 14.2 Å². The van der Waals surface area contributed by atoms with Crippen LogP contribution < -0.4 is 19.5 Å². The van der Waals surface area contributed by atoms with Gasteiger partial charge < -0.3 is 23.9 Å². The second-order valence-corrected chi connectivity index (χ2v) is 4.36. The largest absolute Gasteiger partial charge is 0.493 e. The molecule has 0 saturated heterocycles. The summed E-state index contributed by atoms with van der Waals surface area (Å²) in [5, 5.41) is 10.7. The van der Waals surface area contributed by atoms with Crippen molar-refractivity contribution < 1.29 is 18.6 Å². The molecule has 0 unspecified atom stereocenters. The molecular formula is C14H19N3O4. The Morgan fingerprint density at radius 3 is 2.29 bits per heavy atom. The zero-order chi connectivity index (χ0) is 15.2. The number of aryl methyl sites for hydroxylation is 1. The van der Waals surface area contributed by atoms with Gasteiger partial charge in [0.15, 0.2) is 18.1 Å². The average Bonchev–Trinajstić information content (AvgIpc) is 2.90. The summed E-state index contributed by atoms with van der Waals surface area (Å²) in [5.74, 6) is 2.59. The molecule has 0 aliphatic rings. The molecule has 0 aliphatic carbocycles. The summed E-state index contributed by atoms with van der Waals surface area (Å²) in [6.45, 7) is 2.58. The smallest absolute Gasteiger partial charge is 0.253 e. The van der Waals surface area contributed by atoms with Gasteiger partial charge in [0.25, 0.3) is 5.89 Å². The van der Waals surface area contributed by atoms with Crippen LogP contribution in [0, 0.1) is 6.92 Å². The Bertz CT molecular complexity index is 573. The SMILES string of the molecule is CNCc1cc(OC)c(OCc2nnc(C)o2)c(OC)c1. The number of aromatic nitrogens is 2. The molecule has 0 spiro atoms. The standard InChI is InChI=1S/C14H19N3O4/c1-9-16-17-13(21-9)8-20-14-11(18-3)5-10(7-15-2)6-12(14)19-4/h5-6,15H,7-8H2,1-4H3. The summed E-state index contributed by atoms with van der Waals surface area (Å²) in [4.78, 5) is 0. The third-order valence-corrected chi connectivity index (χ3v) is 2.81. The fourth-order valence-electron chi connectivity index (χ4n) is 1.91. The average molecular weight is 293 g/mol. The maximum Gasteiger partial charge on any atom is 0.253 e. The van der Waals surface area contributed by atoms with E-state index in [0.717, 1.165) is 5.56 Å². The van der Waals surface area contributed by atoms with Crippen LogP contribution in [-0.4, -0.2) is 31.5 Å². The summed E-state index contributed by atoms with van der Waals surface area (Å²) in [7, 11) is 5.05. The first-order valence-electron chi connectivity index (χ1n) is 6.49. The van der Waals surface area contributed by atoms with Crippen LogP contribution in [0.1, 0.15) is 17.3 Å². The highest BCUT2D eigenvalue weighted by Crippen LogP contribution is 2.39. The summed E-state index contributed by atoms with van der Waals surface area (Å²) < 4.78 is 21.7. The first kappa shape index (κ1) is 15.1. The molecule has 1 aromatic heterocycles. The molecule has 7 nitrogen and oxygen atoms in total. The number of methoxy groups -OCH3 is 2. The van der Waals surface area contributed by atoms with Crippen LogP contribution in [0.2, 0.25) is 0 Å². The molecule has 2 rings (SSSR count). The highest BCUT2D eigenvalue weighted by molar-refractivity contribution is 5.53. The Morgan fingerprint density at radius 1 is 1.14 bits per heavy atom. The first-order chi connectivity index (χ1) is 10.2. The van der Waals surface area contributed by atoms with E-state index in [4.69, 9.17) is 18.6 Å². The summed E-state index contributed by atoms with van der Waals surface area (Å²) in [6, 6.07) is 3.79. The van der Waals surface area contributed by atoms with Crippen LogP contribution in [0.4, 0.5) is 0 Å². The topological polar surface area (TPSA) is 78.6 Å². The molecule has 0 atom stereocenters. The lowest BCUT2D eigenvalue weighted by molar-refractivity contribution is 0.235. The minimum absolute atomic E-state index is 0.152. The Hall–Kier alpha value is -2.28. The second-order valence-electron chi connectivity index (χ2n) is 4.36. The summed E-state index contributed by atoms with van der Waals surface area (Å²) in [6.07, 6.45) is 0. The minimum atomic E-state index is 0.152. The molecule has 114 valence electrons. The molecule has 1 N–H and O–H groups in total. The number of hydrogen-bond acceptors (Lipinski definition) is 7. The van der Waals surface area contributed by atoms with E-state index in [1.54, 1.807) is 21.1 Å². The summed E-state index contributed by atoms with van der Waals surface area (Å²) in [5.41, 5.74) is 1.03. The second kappa shape index (κ2) is 6.94. The van der Waals surface area contributed by atoms with E-state index >= 15 is 0 Å². The molecule has 0 bridgehead atoms. The minimum Gasteiger partial charge on any atom is -0.493 e. The maximum absolute atomic E-state index is 5.72. The maximum atomic E-state index is 5.72. The number of benzene rings is 1. The van der Waals surface area contributed by atoms with Gasteiger partial charge in [-0.3, -0.25) is 0 Å². The molecule has 0 aliphatic heterocycles. The molecule has 0 fully saturated rings. The van der Waals surface area contributed by atoms with Gasteiger partial charge in [0.2, 0.25) is 11.6 Å². The predicted octanol–water partition coefficient (Wildman–Crippen LogP) is 1.69. The van der Waals surface area contributed by atoms with E-state index in [2.05, 4.69) is 15.5 Å². The van der Waals surface area contributed by atoms with Crippen molar-refractivity contribution in [2.24, 2.45) is 0 Å². The van der Waals surface area contributed by atoms with Gasteiger partial charge in [-0.15, -0.1) is 10.2 Å². The van der Waals surface area contributed by atoms with Crippen molar-refractivity contribution in [2.75, 3.05) is 21.3 Å². The van der Waals surface area contributed by atoms with Crippen LogP contribution in [0.3, 0.4) is 0 Å². The Morgan fingerprint density at radius 2 is 1.81 bits per heavy atom. The van der Waals surface area contributed by atoms with Crippen molar-refractivity contribution in [2.45, 2.75) is 20.1 Å². The number of hydrogen-bond donors (Lipinski definition) is 1. The monoisotopic (exact) mass is 293 g/mol. The molecule has 7 heteroatoms. The third-order valence-electron chi connectivity index (χ3n) is 2.81. The zero-order valence-electron chi connectivity index (χ0n) is 12.6. The van der Waals surface area contributed by atoms with Crippen molar-refractivity contribution in [1.29, 1.82) is 0 Å². The van der Waals surface area contributed by atoms with Crippen molar-refractivity contribution in [3.8, 4) is 17.2 Å². The zero-order valence-corrected chi connectivity index (χ0v) is 12.6. The molecule has 21 heavy (non-hydrogen) atoms. The number of rotatable bonds is 7. The number of nitrogens with one attached hydrogen (secondary N) is 1. The molecule has 0 saturated carbocycles. The van der Waals surface area contributed by atoms with Crippen LogP contribution in [0.5, 0.6) is 17.2 Å². The molecule has 1 aromatic carbocycles. The van der Waals surface area contributed by atoms with E-state index in [0.29, 0.717) is 35.6 Å². The van der Waals surface area contributed by atoms with Crippen molar-refractivity contribution in [3.63, 3.8) is 0 Å². The Labute approximate surface area is 123 Å². The fraction of sp³-hybridized carbons (Fsp3) is 0.429. The first-order valence-corrected chi connectivity index (χ1v) is 6.49. The van der Waals surface area contributed by atoms with Crippen LogP contribution >= 0.6 is 0 Å². The lowest BCUT2D eigenvalue weighted by Gasteiger charge is -2.15. The summed E-state index contributed by atoms with van der Waals surface area (Å²) >= 11 is 0. The lowest BCUT2D eigenvalue weighted by Crippen LogP contribution is -2.07. The van der Waals surface area contributed by atoms with Gasteiger partial charge in [-0.25, -0.2) is 0 Å². The highest BCUT2D eigenvalue weighted by atomic mass is 16.5. The van der Waals surface area contributed by atoms with E-state index in [9.17, 15) is 0 Å². The van der Waals surface area contributed by atoms with Crippen LogP contribution in [0.15, 0.2) is 16.5 Å². The third kappa shape index (κ3) is 3.63. The van der Waals surface area contributed by atoms with Gasteiger partial charge in [-0.2, -0.15) is 0 Å². The molecule has 0 amide bonds. The molecule has 2 aromatic rings. The highest BCUT2D eigenvalue weighted by Gasteiger charge is 2.15. The predicted molar refractivity (Wildman–Crippen MR) is 75.7 cm³/mol. The van der Waals surface area contributed by atoms with Crippen molar-refractivity contribution in [3.05, 3.63) is 29.5 Å². The molecule has 1 heterocycles. The Balaban J connectivity index is 2.23. The number of ether oxygens (including phenoxy) is 3. The van der Waals surface area contributed by atoms with Gasteiger partial charge in [-0.1, -0.05) is 0 Å². The fourth-order valence-corrected chi connectivity index (χ4v) is 1.91. The van der Waals surface area contributed by atoms with E-state index in [1.807, 2.05) is 19.2 Å². The molecule has 0 radical (unpaired) electrons. The normalized spacial score (nSPS) is 10.5. The van der Waals surface area contributed by atoms with Gasteiger partial charge in [0.1, 0.15) is 0 Å². The molecular weight excluding hydrogens is 274 g/mol. The quantitative estimate of drug-likeness (QED) is 0.832. The van der Waals surface area contributed by atoms with Gasteiger partial charge in [0, 0.05) is 13.5 Å². The van der Waals surface area contributed by atoms with Crippen molar-refractivity contribution in [1.82, 2.24) is 15.5 Å². The van der Waals surface area contributed by atoms with Gasteiger partial charge >= 0.3 is 0 Å². The van der Waals surface area contributed by atoms with Crippen LogP contribution in [0.25, 0.3) is 0 Å². The van der Waals surface area contributed by atoms with Crippen molar-refractivity contribution >= 4 is 0 Å².